The van der Waals surface area contributed by atoms with E-state index in [9.17, 15) is 0 Å². The van der Waals surface area contributed by atoms with Gasteiger partial charge in [-0.1, -0.05) is 13.8 Å². The lowest BCUT2D eigenvalue weighted by molar-refractivity contribution is 0.207. The Kier molecular flexibility index (Phi) is 3.98. The summed E-state index contributed by atoms with van der Waals surface area (Å²) in [5.41, 5.74) is 3.72. The van der Waals surface area contributed by atoms with Crippen molar-refractivity contribution in [3.63, 3.8) is 0 Å². The average molecular weight is 238 g/mol. The third kappa shape index (κ3) is 3.56. The minimum atomic E-state index is 0.576. The summed E-state index contributed by atoms with van der Waals surface area (Å²) in [5.74, 6) is 0. The molecule has 2 nitrogen and oxygen atoms in total. The van der Waals surface area contributed by atoms with E-state index in [2.05, 4.69) is 29.5 Å². The van der Waals surface area contributed by atoms with Gasteiger partial charge >= 0.3 is 0 Å². The highest BCUT2D eigenvalue weighted by Gasteiger charge is 2.26. The summed E-state index contributed by atoms with van der Waals surface area (Å²) in [5, 5.41) is 5.81. The predicted octanol–water partition coefficient (Wildman–Crippen LogP) is 3.24. The molecule has 16 heavy (non-hydrogen) atoms. The molecule has 0 saturated heterocycles. The van der Waals surface area contributed by atoms with Crippen LogP contribution < -0.4 is 5.32 Å². The number of hydrogen-bond acceptors (Lipinski definition) is 3. The molecule has 0 aromatic carbocycles. The minimum absolute atomic E-state index is 0.576. The van der Waals surface area contributed by atoms with E-state index in [4.69, 9.17) is 0 Å². The van der Waals surface area contributed by atoms with E-state index in [1.807, 2.05) is 5.51 Å². The Bertz CT molecular complexity index is 296. The van der Waals surface area contributed by atoms with Crippen LogP contribution in [0.15, 0.2) is 10.9 Å². The summed E-state index contributed by atoms with van der Waals surface area (Å²) in [6.45, 7) is 5.85. The third-order valence-corrected chi connectivity index (χ3v) is 4.27. The summed E-state index contributed by atoms with van der Waals surface area (Å²) in [4.78, 5) is 4.30. The fourth-order valence-electron chi connectivity index (χ4n) is 2.37. The van der Waals surface area contributed by atoms with E-state index in [-0.39, 0.29) is 0 Å². The zero-order chi connectivity index (χ0) is 11.4. The topological polar surface area (TPSA) is 24.9 Å². The first-order chi connectivity index (χ1) is 7.66. The fraction of sp³-hybridized carbons (Fsp3) is 0.769. The van der Waals surface area contributed by atoms with Crippen molar-refractivity contribution in [2.45, 2.75) is 52.0 Å². The number of nitrogens with zero attached hydrogens (tertiary/aromatic N) is 1. The second kappa shape index (κ2) is 5.28. The SMILES string of the molecule is CC1(C)CCC(NCCc2cscn2)CC1. The molecule has 3 heteroatoms. The van der Waals surface area contributed by atoms with Gasteiger partial charge in [-0.05, 0) is 31.1 Å². The van der Waals surface area contributed by atoms with Crippen LogP contribution in [0.2, 0.25) is 0 Å². The van der Waals surface area contributed by atoms with Crippen LogP contribution >= 0.6 is 11.3 Å². The van der Waals surface area contributed by atoms with Crippen LogP contribution in [0.3, 0.4) is 0 Å². The quantitative estimate of drug-likeness (QED) is 0.871. The Morgan fingerprint density at radius 1 is 1.44 bits per heavy atom. The van der Waals surface area contributed by atoms with E-state index in [0.717, 1.165) is 19.0 Å². The smallest absolute Gasteiger partial charge is 0.0794 e. The Labute approximate surface area is 102 Å². The van der Waals surface area contributed by atoms with Gasteiger partial charge in [-0.25, -0.2) is 4.98 Å². The first kappa shape index (κ1) is 12.1. The molecule has 0 bridgehead atoms. The Balaban J connectivity index is 1.64. The number of aromatic nitrogens is 1. The molecule has 1 N–H and O–H groups in total. The summed E-state index contributed by atoms with van der Waals surface area (Å²) in [6, 6.07) is 0.742. The maximum absolute atomic E-state index is 4.30. The van der Waals surface area contributed by atoms with Gasteiger partial charge in [0.15, 0.2) is 0 Å². The van der Waals surface area contributed by atoms with Crippen molar-refractivity contribution in [1.82, 2.24) is 10.3 Å². The van der Waals surface area contributed by atoms with Gasteiger partial charge in [0.1, 0.15) is 0 Å². The second-order valence-corrected chi connectivity index (χ2v) is 6.34. The maximum atomic E-state index is 4.30. The van der Waals surface area contributed by atoms with Crippen molar-refractivity contribution < 1.29 is 0 Å². The Hall–Kier alpha value is -0.410. The zero-order valence-corrected chi connectivity index (χ0v) is 11.1. The highest BCUT2D eigenvalue weighted by atomic mass is 32.1. The molecule has 1 saturated carbocycles. The lowest BCUT2D eigenvalue weighted by atomic mass is 9.75. The zero-order valence-electron chi connectivity index (χ0n) is 10.3. The van der Waals surface area contributed by atoms with Crippen molar-refractivity contribution in [3.05, 3.63) is 16.6 Å². The molecule has 1 aliphatic rings. The van der Waals surface area contributed by atoms with Crippen molar-refractivity contribution in [3.8, 4) is 0 Å². The average Bonchev–Trinajstić information content (AvgIpc) is 2.73. The Morgan fingerprint density at radius 3 is 2.81 bits per heavy atom. The summed E-state index contributed by atoms with van der Waals surface area (Å²) >= 11 is 1.69. The van der Waals surface area contributed by atoms with E-state index >= 15 is 0 Å². The van der Waals surface area contributed by atoms with Crippen LogP contribution in [-0.2, 0) is 6.42 Å². The van der Waals surface area contributed by atoms with Gasteiger partial charge in [-0.3, -0.25) is 0 Å². The van der Waals surface area contributed by atoms with Gasteiger partial charge in [0.2, 0.25) is 0 Å². The molecule has 1 fully saturated rings. The molecule has 1 aromatic heterocycles. The molecule has 0 aliphatic heterocycles. The molecular weight excluding hydrogens is 216 g/mol. The minimum Gasteiger partial charge on any atom is -0.314 e. The highest BCUT2D eigenvalue weighted by molar-refractivity contribution is 7.07. The standard InChI is InChI=1S/C13H22N2S/c1-13(2)6-3-11(4-7-13)14-8-5-12-9-16-10-15-12/h9-11,14H,3-8H2,1-2H3. The molecular formula is C13H22N2S. The van der Waals surface area contributed by atoms with Crippen molar-refractivity contribution in [2.75, 3.05) is 6.54 Å². The number of hydrogen-bond donors (Lipinski definition) is 1. The second-order valence-electron chi connectivity index (χ2n) is 5.62. The molecule has 0 radical (unpaired) electrons. The first-order valence-electron chi connectivity index (χ1n) is 6.26. The van der Waals surface area contributed by atoms with Gasteiger partial charge in [0, 0.05) is 24.4 Å². The number of thiazole rings is 1. The van der Waals surface area contributed by atoms with Gasteiger partial charge in [-0.2, -0.15) is 0 Å². The van der Waals surface area contributed by atoms with Crippen LogP contribution in [-0.4, -0.2) is 17.6 Å². The van der Waals surface area contributed by atoms with E-state index in [1.165, 1.54) is 31.4 Å². The van der Waals surface area contributed by atoms with Crippen LogP contribution in [0.5, 0.6) is 0 Å². The summed E-state index contributed by atoms with van der Waals surface area (Å²) in [6.07, 6.45) is 6.47. The summed E-state index contributed by atoms with van der Waals surface area (Å²) in [7, 11) is 0. The summed E-state index contributed by atoms with van der Waals surface area (Å²) < 4.78 is 0. The van der Waals surface area contributed by atoms with Gasteiger partial charge in [-0.15, -0.1) is 11.3 Å². The van der Waals surface area contributed by atoms with Crippen LogP contribution in [0.1, 0.15) is 45.2 Å². The molecule has 0 atom stereocenters. The molecule has 90 valence electrons. The molecule has 0 spiro atoms. The van der Waals surface area contributed by atoms with Crippen molar-refractivity contribution >= 4 is 11.3 Å². The fourth-order valence-corrected chi connectivity index (χ4v) is 2.96. The van der Waals surface area contributed by atoms with Gasteiger partial charge in [0.25, 0.3) is 0 Å². The van der Waals surface area contributed by atoms with Gasteiger partial charge in [0.05, 0.1) is 11.2 Å². The molecule has 1 aliphatic carbocycles. The molecule has 0 unspecified atom stereocenters. The normalized spacial score (nSPS) is 21.1. The van der Waals surface area contributed by atoms with E-state index in [1.54, 1.807) is 11.3 Å². The lowest BCUT2D eigenvalue weighted by Crippen LogP contribution is -2.36. The van der Waals surface area contributed by atoms with Crippen molar-refractivity contribution in [1.29, 1.82) is 0 Å². The molecule has 2 rings (SSSR count). The predicted molar refractivity (Wildman–Crippen MR) is 69.9 cm³/mol. The monoisotopic (exact) mass is 238 g/mol. The van der Waals surface area contributed by atoms with Crippen LogP contribution in [0.4, 0.5) is 0 Å². The highest BCUT2D eigenvalue weighted by Crippen LogP contribution is 2.34. The largest absolute Gasteiger partial charge is 0.314 e. The molecule has 1 heterocycles. The lowest BCUT2D eigenvalue weighted by Gasteiger charge is -2.34. The first-order valence-corrected chi connectivity index (χ1v) is 7.20. The van der Waals surface area contributed by atoms with Crippen LogP contribution in [0, 0.1) is 5.41 Å². The Morgan fingerprint density at radius 2 is 2.19 bits per heavy atom. The number of nitrogens with one attached hydrogen (secondary N) is 1. The van der Waals surface area contributed by atoms with Gasteiger partial charge < -0.3 is 5.32 Å². The molecule has 0 amide bonds. The maximum Gasteiger partial charge on any atom is 0.0794 e. The van der Waals surface area contributed by atoms with Crippen LogP contribution in [0.25, 0.3) is 0 Å². The molecule has 1 aromatic rings. The van der Waals surface area contributed by atoms with E-state index in [0.29, 0.717) is 5.41 Å². The third-order valence-electron chi connectivity index (χ3n) is 3.64. The van der Waals surface area contributed by atoms with Crippen molar-refractivity contribution in [2.24, 2.45) is 5.41 Å². The van der Waals surface area contributed by atoms with E-state index < -0.39 is 0 Å². The number of rotatable bonds is 4.